The number of hydrogen-bond acceptors (Lipinski definition) is 2. The summed E-state index contributed by atoms with van der Waals surface area (Å²) in [6.45, 7) is 6.59. The largest absolute Gasteiger partial charge is 0.381 e. The molecule has 1 aliphatic heterocycles. The van der Waals surface area contributed by atoms with Gasteiger partial charge in [-0.25, -0.2) is 0 Å². The van der Waals surface area contributed by atoms with Crippen LogP contribution in [0.1, 0.15) is 62.6 Å². The van der Waals surface area contributed by atoms with Crippen molar-refractivity contribution in [3.8, 4) is 0 Å². The van der Waals surface area contributed by atoms with Crippen LogP contribution in [0.15, 0.2) is 24.3 Å². The Balaban J connectivity index is 1.70. The van der Waals surface area contributed by atoms with Crippen molar-refractivity contribution in [3.05, 3.63) is 35.4 Å². The molecule has 1 heterocycles. The van der Waals surface area contributed by atoms with Crippen LogP contribution in [0.2, 0.25) is 0 Å². The van der Waals surface area contributed by atoms with Crippen molar-refractivity contribution in [1.82, 2.24) is 5.32 Å². The fourth-order valence-corrected chi connectivity index (χ4v) is 3.85. The first-order valence-electron chi connectivity index (χ1n) is 8.18. The number of ether oxygens (including phenoxy) is 1. The third-order valence-electron chi connectivity index (χ3n) is 5.23. The van der Waals surface area contributed by atoms with Gasteiger partial charge in [0.25, 0.3) is 0 Å². The third kappa shape index (κ3) is 2.91. The molecule has 0 bridgehead atoms. The van der Waals surface area contributed by atoms with Gasteiger partial charge < -0.3 is 10.1 Å². The highest BCUT2D eigenvalue weighted by atomic mass is 16.5. The van der Waals surface area contributed by atoms with Gasteiger partial charge in [0.05, 0.1) is 0 Å². The fraction of sp³-hybridized carbons (Fsp3) is 0.667. The summed E-state index contributed by atoms with van der Waals surface area (Å²) in [5.74, 6) is 1.48. The summed E-state index contributed by atoms with van der Waals surface area (Å²) in [6.07, 6.45) is 4.98. The predicted octanol–water partition coefficient (Wildman–Crippen LogP) is 4.03. The first kappa shape index (κ1) is 14.1. The minimum absolute atomic E-state index is 0.542. The zero-order chi connectivity index (χ0) is 13.9. The molecule has 3 rings (SSSR count). The van der Waals surface area contributed by atoms with Crippen LogP contribution in [0.5, 0.6) is 0 Å². The van der Waals surface area contributed by atoms with Crippen LogP contribution in [0.3, 0.4) is 0 Å². The van der Waals surface area contributed by atoms with Crippen LogP contribution < -0.4 is 5.32 Å². The van der Waals surface area contributed by atoms with Crippen LogP contribution >= 0.6 is 0 Å². The Morgan fingerprint density at radius 3 is 2.50 bits per heavy atom. The van der Waals surface area contributed by atoms with E-state index in [-0.39, 0.29) is 0 Å². The number of rotatable bonds is 3. The van der Waals surface area contributed by atoms with Crippen LogP contribution in [0.25, 0.3) is 0 Å². The number of benzene rings is 1. The molecule has 1 aromatic carbocycles. The Kier molecular flexibility index (Phi) is 4.42. The van der Waals surface area contributed by atoms with Crippen LogP contribution in [-0.4, -0.2) is 19.3 Å². The second kappa shape index (κ2) is 6.28. The van der Waals surface area contributed by atoms with Gasteiger partial charge >= 0.3 is 0 Å². The Hall–Kier alpha value is -0.860. The van der Waals surface area contributed by atoms with E-state index < -0.39 is 0 Å². The van der Waals surface area contributed by atoms with Crippen molar-refractivity contribution >= 4 is 0 Å². The Morgan fingerprint density at radius 2 is 1.75 bits per heavy atom. The molecule has 2 heteroatoms. The molecule has 3 unspecified atom stereocenters. The highest BCUT2D eigenvalue weighted by Crippen LogP contribution is 2.37. The lowest BCUT2D eigenvalue weighted by Gasteiger charge is -2.36. The summed E-state index contributed by atoms with van der Waals surface area (Å²) in [7, 11) is 0. The molecular weight excluding hydrogens is 246 g/mol. The highest BCUT2D eigenvalue weighted by Gasteiger charge is 2.28. The lowest BCUT2D eigenvalue weighted by atomic mass is 9.80. The van der Waals surface area contributed by atoms with Gasteiger partial charge in [-0.3, -0.25) is 0 Å². The van der Waals surface area contributed by atoms with Crippen molar-refractivity contribution in [1.29, 1.82) is 0 Å². The molecule has 2 nitrogen and oxygen atoms in total. The Bertz CT molecular complexity index is 439. The first-order valence-corrected chi connectivity index (χ1v) is 8.18. The van der Waals surface area contributed by atoms with E-state index in [1.165, 1.54) is 31.2 Å². The molecule has 0 spiro atoms. The summed E-state index contributed by atoms with van der Waals surface area (Å²) in [5.41, 5.74) is 3.08. The maximum Gasteiger partial charge on any atom is 0.0469 e. The van der Waals surface area contributed by atoms with Gasteiger partial charge in [0.1, 0.15) is 0 Å². The lowest BCUT2D eigenvalue weighted by Crippen LogP contribution is -2.40. The van der Waals surface area contributed by atoms with Crippen LogP contribution in [0, 0.1) is 5.92 Å². The molecule has 1 aliphatic carbocycles. The molecule has 0 saturated carbocycles. The van der Waals surface area contributed by atoms with E-state index in [0.29, 0.717) is 18.0 Å². The zero-order valence-electron chi connectivity index (χ0n) is 12.8. The van der Waals surface area contributed by atoms with E-state index >= 15 is 0 Å². The molecule has 20 heavy (non-hydrogen) atoms. The smallest absolute Gasteiger partial charge is 0.0469 e. The third-order valence-corrected chi connectivity index (χ3v) is 5.23. The van der Waals surface area contributed by atoms with Crippen molar-refractivity contribution in [2.75, 3.05) is 13.2 Å². The summed E-state index contributed by atoms with van der Waals surface area (Å²) in [5, 5.41) is 3.91. The maximum atomic E-state index is 5.48. The minimum Gasteiger partial charge on any atom is -0.381 e. The predicted molar refractivity (Wildman–Crippen MR) is 83.0 cm³/mol. The van der Waals surface area contributed by atoms with Crippen molar-refractivity contribution in [2.24, 2.45) is 5.92 Å². The van der Waals surface area contributed by atoms with Crippen molar-refractivity contribution in [2.45, 2.75) is 57.5 Å². The molecule has 1 saturated heterocycles. The Morgan fingerprint density at radius 1 is 1.05 bits per heavy atom. The molecule has 2 aliphatic rings. The summed E-state index contributed by atoms with van der Waals surface area (Å²) in [6, 6.07) is 10.1. The van der Waals surface area contributed by atoms with Gasteiger partial charge in [0.15, 0.2) is 0 Å². The molecule has 1 N–H and O–H groups in total. The molecule has 110 valence electrons. The number of hydrogen-bond donors (Lipinski definition) is 1. The lowest BCUT2D eigenvalue weighted by molar-refractivity contribution is 0.0540. The molecule has 0 radical (unpaired) electrons. The minimum atomic E-state index is 0.542. The normalized spacial score (nSPS) is 28.9. The van der Waals surface area contributed by atoms with E-state index in [1.807, 2.05) is 0 Å². The standard InChI is InChI=1S/C18H27NO/c1-13-7-8-18(17-6-4-3-5-16(13)17)19-14(2)15-9-11-20-12-10-15/h3-6,13-15,18-19H,7-12H2,1-2H3. The molecule has 3 atom stereocenters. The highest BCUT2D eigenvalue weighted by molar-refractivity contribution is 5.35. The summed E-state index contributed by atoms with van der Waals surface area (Å²) in [4.78, 5) is 0. The molecule has 0 amide bonds. The summed E-state index contributed by atoms with van der Waals surface area (Å²) >= 11 is 0. The van der Waals surface area contributed by atoms with Crippen LogP contribution in [0.4, 0.5) is 0 Å². The topological polar surface area (TPSA) is 21.3 Å². The average molecular weight is 273 g/mol. The Labute approximate surface area is 122 Å². The van der Waals surface area contributed by atoms with Gasteiger partial charge in [0, 0.05) is 25.3 Å². The zero-order valence-corrected chi connectivity index (χ0v) is 12.8. The van der Waals surface area contributed by atoms with E-state index in [2.05, 4.69) is 43.4 Å². The first-order chi connectivity index (χ1) is 9.75. The van der Waals surface area contributed by atoms with Gasteiger partial charge in [-0.15, -0.1) is 0 Å². The van der Waals surface area contributed by atoms with E-state index in [9.17, 15) is 0 Å². The van der Waals surface area contributed by atoms with Gasteiger partial charge in [-0.2, -0.15) is 0 Å². The van der Waals surface area contributed by atoms with Crippen molar-refractivity contribution < 1.29 is 4.74 Å². The monoisotopic (exact) mass is 273 g/mol. The van der Waals surface area contributed by atoms with Crippen LogP contribution in [-0.2, 0) is 4.74 Å². The fourth-order valence-electron chi connectivity index (χ4n) is 3.85. The molecule has 1 aromatic rings. The summed E-state index contributed by atoms with van der Waals surface area (Å²) < 4.78 is 5.48. The number of fused-ring (bicyclic) bond motifs is 1. The molecule has 1 fully saturated rings. The second-order valence-corrected chi connectivity index (χ2v) is 6.57. The van der Waals surface area contributed by atoms with Gasteiger partial charge in [-0.1, -0.05) is 31.2 Å². The molecular formula is C18H27NO. The maximum absolute atomic E-state index is 5.48. The SMILES string of the molecule is CC1CCC(NC(C)C2CCOCC2)c2ccccc21. The average Bonchev–Trinajstić information content (AvgIpc) is 2.51. The quantitative estimate of drug-likeness (QED) is 0.897. The molecule has 0 aromatic heterocycles. The van der Waals surface area contributed by atoms with E-state index in [0.717, 1.165) is 19.1 Å². The van der Waals surface area contributed by atoms with E-state index in [1.54, 1.807) is 5.56 Å². The van der Waals surface area contributed by atoms with Gasteiger partial charge in [0.2, 0.25) is 0 Å². The van der Waals surface area contributed by atoms with E-state index in [4.69, 9.17) is 4.74 Å². The van der Waals surface area contributed by atoms with Gasteiger partial charge in [-0.05, 0) is 55.6 Å². The second-order valence-electron chi connectivity index (χ2n) is 6.57. The van der Waals surface area contributed by atoms with Crippen molar-refractivity contribution in [3.63, 3.8) is 0 Å². The number of nitrogens with one attached hydrogen (secondary N) is 1.